The number of anilines is 1. The summed E-state index contributed by atoms with van der Waals surface area (Å²) in [7, 11) is 1.78. The van der Waals surface area contributed by atoms with Gasteiger partial charge in [0.25, 0.3) is 5.91 Å². The maximum absolute atomic E-state index is 12.3. The van der Waals surface area contributed by atoms with Crippen molar-refractivity contribution in [1.29, 1.82) is 0 Å². The Morgan fingerprint density at radius 3 is 2.95 bits per heavy atom. The van der Waals surface area contributed by atoms with Crippen LogP contribution < -0.4 is 15.4 Å². The first-order valence-electron chi connectivity index (χ1n) is 6.95. The first-order valence-corrected chi connectivity index (χ1v) is 6.95. The van der Waals surface area contributed by atoms with E-state index in [-0.39, 0.29) is 11.9 Å². The van der Waals surface area contributed by atoms with Gasteiger partial charge in [-0.1, -0.05) is 24.3 Å². The molecule has 0 aliphatic carbocycles. The summed E-state index contributed by atoms with van der Waals surface area (Å²) in [6, 6.07) is 13.1. The third-order valence-corrected chi connectivity index (χ3v) is 3.50. The van der Waals surface area contributed by atoms with Gasteiger partial charge in [0, 0.05) is 19.0 Å². The molecule has 2 aromatic rings. The predicted molar refractivity (Wildman–Crippen MR) is 80.5 cm³/mol. The molecule has 0 saturated heterocycles. The van der Waals surface area contributed by atoms with Crippen molar-refractivity contribution in [2.24, 2.45) is 0 Å². The van der Waals surface area contributed by atoms with E-state index in [2.05, 4.69) is 15.6 Å². The molecule has 108 valence electrons. The number of hydrogen-bond acceptors (Lipinski definition) is 4. The van der Waals surface area contributed by atoms with Crippen molar-refractivity contribution in [3.8, 4) is 5.75 Å². The lowest BCUT2D eigenvalue weighted by Gasteiger charge is -2.26. The van der Waals surface area contributed by atoms with Gasteiger partial charge in [0.05, 0.1) is 12.6 Å². The van der Waals surface area contributed by atoms with Crippen molar-refractivity contribution in [3.05, 3.63) is 53.7 Å². The number of carbonyl (C=O) groups is 1. The van der Waals surface area contributed by atoms with E-state index in [1.165, 1.54) is 0 Å². The summed E-state index contributed by atoms with van der Waals surface area (Å²) < 4.78 is 5.60. The Hall–Kier alpha value is -2.56. The number of para-hydroxylation sites is 1. The molecule has 1 atom stereocenters. The van der Waals surface area contributed by atoms with Crippen LogP contribution in [0.4, 0.5) is 5.82 Å². The number of ether oxygens (including phenoxy) is 1. The molecule has 21 heavy (non-hydrogen) atoms. The van der Waals surface area contributed by atoms with Crippen LogP contribution in [-0.4, -0.2) is 24.5 Å². The first kappa shape index (κ1) is 13.4. The molecule has 2 N–H and O–H groups in total. The summed E-state index contributed by atoms with van der Waals surface area (Å²) >= 11 is 0. The van der Waals surface area contributed by atoms with Gasteiger partial charge >= 0.3 is 0 Å². The Kier molecular flexibility index (Phi) is 3.73. The fraction of sp³-hybridized carbons (Fsp3) is 0.250. The molecule has 1 aromatic heterocycles. The van der Waals surface area contributed by atoms with Crippen molar-refractivity contribution in [1.82, 2.24) is 10.3 Å². The van der Waals surface area contributed by atoms with Crippen LogP contribution in [0.3, 0.4) is 0 Å². The molecule has 1 amide bonds. The highest BCUT2D eigenvalue weighted by molar-refractivity contribution is 5.93. The zero-order valence-electron chi connectivity index (χ0n) is 11.8. The molecule has 0 radical (unpaired) electrons. The second-order valence-electron chi connectivity index (χ2n) is 4.86. The Morgan fingerprint density at radius 2 is 2.10 bits per heavy atom. The van der Waals surface area contributed by atoms with Gasteiger partial charge in [0.1, 0.15) is 17.3 Å². The highest BCUT2D eigenvalue weighted by Crippen LogP contribution is 2.31. The molecule has 0 bridgehead atoms. The van der Waals surface area contributed by atoms with Gasteiger partial charge in [0.15, 0.2) is 0 Å². The molecule has 3 rings (SSSR count). The molecule has 2 heterocycles. The summed E-state index contributed by atoms with van der Waals surface area (Å²) in [5.74, 6) is 1.34. The number of benzene rings is 1. The van der Waals surface area contributed by atoms with Crippen LogP contribution >= 0.6 is 0 Å². The van der Waals surface area contributed by atoms with E-state index in [1.54, 1.807) is 13.1 Å². The van der Waals surface area contributed by atoms with Gasteiger partial charge in [0.2, 0.25) is 0 Å². The highest BCUT2D eigenvalue weighted by atomic mass is 16.5. The number of nitrogens with zero attached hydrogens (tertiary/aromatic N) is 1. The molecule has 1 aromatic carbocycles. The smallest absolute Gasteiger partial charge is 0.270 e. The maximum Gasteiger partial charge on any atom is 0.270 e. The van der Waals surface area contributed by atoms with Gasteiger partial charge in [-0.25, -0.2) is 4.98 Å². The number of carbonyl (C=O) groups excluding carboxylic acids is 1. The van der Waals surface area contributed by atoms with Crippen molar-refractivity contribution in [2.45, 2.75) is 12.5 Å². The first-order chi connectivity index (χ1) is 10.3. The number of fused-ring (bicyclic) bond motifs is 1. The SMILES string of the molecule is CNc1cccc(C(=O)NC2CCOc3ccccc32)n1. The second kappa shape index (κ2) is 5.83. The fourth-order valence-corrected chi connectivity index (χ4v) is 2.42. The van der Waals surface area contributed by atoms with Crippen LogP contribution in [0.5, 0.6) is 5.75 Å². The third-order valence-electron chi connectivity index (χ3n) is 3.50. The Morgan fingerprint density at radius 1 is 1.24 bits per heavy atom. The van der Waals surface area contributed by atoms with E-state index in [4.69, 9.17) is 4.74 Å². The molecular formula is C16H17N3O2. The molecular weight excluding hydrogens is 266 g/mol. The quantitative estimate of drug-likeness (QED) is 0.908. The zero-order chi connectivity index (χ0) is 14.7. The van der Waals surface area contributed by atoms with Crippen LogP contribution in [0.2, 0.25) is 0 Å². The summed E-state index contributed by atoms with van der Waals surface area (Å²) in [6.07, 6.45) is 0.758. The monoisotopic (exact) mass is 283 g/mol. The molecule has 0 spiro atoms. The summed E-state index contributed by atoms with van der Waals surface area (Å²) in [5.41, 5.74) is 1.42. The molecule has 5 nitrogen and oxygen atoms in total. The number of aromatic nitrogens is 1. The molecule has 1 aliphatic rings. The molecule has 1 unspecified atom stereocenters. The molecule has 5 heteroatoms. The van der Waals surface area contributed by atoms with Crippen molar-refractivity contribution in [3.63, 3.8) is 0 Å². The lowest BCUT2D eigenvalue weighted by molar-refractivity contribution is 0.0920. The number of pyridine rings is 1. The Labute approximate surface area is 123 Å². The van der Waals surface area contributed by atoms with E-state index < -0.39 is 0 Å². The molecule has 1 aliphatic heterocycles. The number of rotatable bonds is 3. The van der Waals surface area contributed by atoms with Gasteiger partial charge < -0.3 is 15.4 Å². The fourth-order valence-electron chi connectivity index (χ4n) is 2.42. The minimum atomic E-state index is -0.172. The van der Waals surface area contributed by atoms with Crippen LogP contribution in [-0.2, 0) is 0 Å². The van der Waals surface area contributed by atoms with Crippen LogP contribution in [0.25, 0.3) is 0 Å². The van der Waals surface area contributed by atoms with E-state index in [0.29, 0.717) is 18.1 Å². The lowest BCUT2D eigenvalue weighted by Crippen LogP contribution is -2.32. The Balaban J connectivity index is 1.79. The van der Waals surface area contributed by atoms with Gasteiger partial charge in [-0.3, -0.25) is 4.79 Å². The highest BCUT2D eigenvalue weighted by Gasteiger charge is 2.23. The normalized spacial score (nSPS) is 16.5. The van der Waals surface area contributed by atoms with Crippen molar-refractivity contribution in [2.75, 3.05) is 19.0 Å². The van der Waals surface area contributed by atoms with Gasteiger partial charge in [-0.2, -0.15) is 0 Å². The lowest BCUT2D eigenvalue weighted by atomic mass is 10.0. The molecule has 0 saturated carbocycles. The third kappa shape index (κ3) is 2.81. The Bertz CT molecular complexity index is 657. The van der Waals surface area contributed by atoms with Crippen LogP contribution in [0.1, 0.15) is 28.5 Å². The number of hydrogen-bond donors (Lipinski definition) is 2. The van der Waals surface area contributed by atoms with E-state index >= 15 is 0 Å². The average Bonchev–Trinajstić information content (AvgIpc) is 2.55. The van der Waals surface area contributed by atoms with Crippen molar-refractivity contribution < 1.29 is 9.53 Å². The van der Waals surface area contributed by atoms with Gasteiger partial charge in [-0.05, 0) is 18.2 Å². The minimum Gasteiger partial charge on any atom is -0.493 e. The van der Waals surface area contributed by atoms with E-state index in [9.17, 15) is 4.79 Å². The molecule has 0 fully saturated rings. The zero-order valence-corrected chi connectivity index (χ0v) is 11.8. The van der Waals surface area contributed by atoms with Gasteiger partial charge in [-0.15, -0.1) is 0 Å². The predicted octanol–water partition coefficient (Wildman–Crippen LogP) is 2.38. The topological polar surface area (TPSA) is 63.2 Å². The number of nitrogens with one attached hydrogen (secondary N) is 2. The standard InChI is InChI=1S/C16H17N3O2/c1-17-15-8-4-6-13(18-15)16(20)19-12-9-10-21-14-7-3-2-5-11(12)14/h2-8,12H,9-10H2,1H3,(H,17,18)(H,19,20). The van der Waals surface area contributed by atoms with Crippen molar-refractivity contribution >= 4 is 11.7 Å². The average molecular weight is 283 g/mol. The minimum absolute atomic E-state index is 0.0394. The summed E-state index contributed by atoms with van der Waals surface area (Å²) in [6.45, 7) is 0.603. The summed E-state index contributed by atoms with van der Waals surface area (Å²) in [5, 5.41) is 5.96. The van der Waals surface area contributed by atoms with E-state index in [1.807, 2.05) is 36.4 Å². The number of amides is 1. The largest absolute Gasteiger partial charge is 0.493 e. The van der Waals surface area contributed by atoms with E-state index in [0.717, 1.165) is 17.7 Å². The second-order valence-corrected chi connectivity index (χ2v) is 4.86. The van der Waals surface area contributed by atoms with Crippen LogP contribution in [0.15, 0.2) is 42.5 Å². The van der Waals surface area contributed by atoms with Crippen LogP contribution in [0, 0.1) is 0 Å². The maximum atomic E-state index is 12.3. The summed E-state index contributed by atoms with van der Waals surface area (Å²) in [4.78, 5) is 16.6.